The molecule has 1 atom stereocenters. The van der Waals surface area contributed by atoms with Gasteiger partial charge >= 0.3 is 12.6 Å². The number of anilines is 1. The summed E-state index contributed by atoms with van der Waals surface area (Å²) < 4.78 is 90.9. The van der Waals surface area contributed by atoms with Crippen molar-refractivity contribution in [3.63, 3.8) is 0 Å². The summed E-state index contributed by atoms with van der Waals surface area (Å²) in [6, 6.07) is 7.08. The molecule has 0 radical (unpaired) electrons. The third kappa shape index (κ3) is 10.7. The van der Waals surface area contributed by atoms with E-state index in [-0.39, 0.29) is 62.9 Å². The molecule has 49 heavy (non-hydrogen) atoms. The van der Waals surface area contributed by atoms with E-state index < -0.39 is 40.2 Å². The first-order valence-corrected chi connectivity index (χ1v) is 17.9. The molecule has 0 spiro atoms. The van der Waals surface area contributed by atoms with Gasteiger partial charge in [-0.1, -0.05) is 29.3 Å². The number of hydrogen-bond donors (Lipinski definition) is 1. The van der Waals surface area contributed by atoms with Crippen molar-refractivity contribution in [2.45, 2.75) is 38.4 Å². The Balaban J connectivity index is 1.38. The molecule has 3 aromatic rings. The zero-order valence-electron chi connectivity index (χ0n) is 26.1. The van der Waals surface area contributed by atoms with Crippen molar-refractivity contribution in [3.05, 3.63) is 86.6 Å². The SMILES string of the molecule is O=C(O[C@@H](Cc1c(Cl)c[n+]([O-])cc1Cl)c1ccc(OC(F)F)c(OCC2CC2)c1)c1ccc(F)c(NS(=O)(=O)CCCN2CCOCC2)c1. The second-order valence-electron chi connectivity index (χ2n) is 11.7. The number of rotatable bonds is 16. The Hall–Kier alpha value is -3.50. The summed E-state index contributed by atoms with van der Waals surface area (Å²) in [6.45, 7) is 0.174. The first-order valence-electron chi connectivity index (χ1n) is 15.5. The van der Waals surface area contributed by atoms with E-state index >= 15 is 0 Å². The summed E-state index contributed by atoms with van der Waals surface area (Å²) in [5.41, 5.74) is -0.125. The fourth-order valence-electron chi connectivity index (χ4n) is 5.11. The van der Waals surface area contributed by atoms with Gasteiger partial charge in [-0.05, 0) is 67.6 Å². The van der Waals surface area contributed by atoms with E-state index in [2.05, 4.69) is 14.4 Å². The third-order valence-corrected chi connectivity index (χ3v) is 9.89. The van der Waals surface area contributed by atoms with E-state index in [0.717, 1.165) is 43.4 Å². The molecule has 2 aromatic carbocycles. The lowest BCUT2D eigenvalue weighted by molar-refractivity contribution is -0.605. The highest BCUT2D eigenvalue weighted by molar-refractivity contribution is 7.92. The summed E-state index contributed by atoms with van der Waals surface area (Å²) >= 11 is 12.6. The Kier molecular flexibility index (Phi) is 12.4. The van der Waals surface area contributed by atoms with Crippen molar-refractivity contribution >= 4 is 44.9 Å². The maximum absolute atomic E-state index is 14.8. The summed E-state index contributed by atoms with van der Waals surface area (Å²) in [6.07, 6.45) is 2.91. The lowest BCUT2D eigenvalue weighted by Gasteiger charge is -2.26. The minimum Gasteiger partial charge on any atom is -0.619 e. The Bertz CT molecular complexity index is 1720. The fraction of sp³-hybridized carbons (Fsp3) is 0.438. The van der Waals surface area contributed by atoms with Gasteiger partial charge < -0.3 is 24.2 Å². The summed E-state index contributed by atoms with van der Waals surface area (Å²) in [7, 11) is -3.98. The molecule has 1 aliphatic carbocycles. The van der Waals surface area contributed by atoms with Gasteiger partial charge in [0.15, 0.2) is 23.9 Å². The molecule has 1 N–H and O–H groups in total. The highest BCUT2D eigenvalue weighted by Crippen LogP contribution is 2.38. The molecule has 17 heteroatoms. The third-order valence-electron chi connectivity index (χ3n) is 7.88. The van der Waals surface area contributed by atoms with Crippen LogP contribution in [0.4, 0.5) is 18.9 Å². The number of morpholine rings is 1. The maximum atomic E-state index is 14.8. The van der Waals surface area contributed by atoms with Crippen LogP contribution in [0.1, 0.15) is 46.9 Å². The molecule has 0 bridgehead atoms. The number of alkyl halides is 2. The molecule has 2 fully saturated rings. The van der Waals surface area contributed by atoms with Crippen LogP contribution in [0.25, 0.3) is 0 Å². The number of halogens is 5. The highest BCUT2D eigenvalue weighted by atomic mass is 35.5. The number of carbonyl (C=O) groups is 1. The molecule has 0 unspecified atom stereocenters. The van der Waals surface area contributed by atoms with Gasteiger partial charge in [-0.2, -0.15) is 13.5 Å². The first kappa shape index (κ1) is 36.8. The Morgan fingerprint density at radius 2 is 1.80 bits per heavy atom. The largest absolute Gasteiger partial charge is 0.619 e. The van der Waals surface area contributed by atoms with E-state index in [0.29, 0.717) is 44.0 Å². The van der Waals surface area contributed by atoms with Crippen LogP contribution in [0.15, 0.2) is 48.8 Å². The Morgan fingerprint density at radius 3 is 2.47 bits per heavy atom. The van der Waals surface area contributed by atoms with E-state index in [4.69, 9.17) is 37.4 Å². The van der Waals surface area contributed by atoms with Crippen molar-refractivity contribution in [1.82, 2.24) is 4.90 Å². The number of benzene rings is 2. The molecule has 2 aliphatic rings. The summed E-state index contributed by atoms with van der Waals surface area (Å²) in [5.74, 6) is -2.14. The van der Waals surface area contributed by atoms with Crippen LogP contribution in [-0.2, 0) is 25.9 Å². The van der Waals surface area contributed by atoms with Crippen LogP contribution < -0.4 is 18.9 Å². The molecule has 5 rings (SSSR count). The van der Waals surface area contributed by atoms with Crippen molar-refractivity contribution in [2.75, 3.05) is 49.9 Å². The molecule has 1 saturated heterocycles. The molecule has 0 amide bonds. The molecular weight excluding hydrogens is 714 g/mol. The van der Waals surface area contributed by atoms with Crippen molar-refractivity contribution in [3.8, 4) is 11.5 Å². The average molecular weight is 749 g/mol. The van der Waals surface area contributed by atoms with E-state index in [1.54, 1.807) is 0 Å². The lowest BCUT2D eigenvalue weighted by atomic mass is 10.0. The molecule has 2 heterocycles. The lowest BCUT2D eigenvalue weighted by Crippen LogP contribution is -2.37. The van der Waals surface area contributed by atoms with Gasteiger partial charge in [-0.3, -0.25) is 9.62 Å². The van der Waals surface area contributed by atoms with Gasteiger partial charge in [0, 0.05) is 25.1 Å². The number of sulfonamides is 1. The number of esters is 1. The number of pyridine rings is 1. The van der Waals surface area contributed by atoms with Crippen molar-refractivity contribution in [2.24, 2.45) is 5.92 Å². The number of ether oxygens (including phenoxy) is 4. The minimum absolute atomic E-state index is 0.0134. The zero-order valence-corrected chi connectivity index (χ0v) is 28.4. The normalized spacial score (nSPS) is 16.0. The Morgan fingerprint density at radius 1 is 1.08 bits per heavy atom. The number of nitrogens with zero attached hydrogens (tertiary/aromatic N) is 2. The average Bonchev–Trinajstić information content (AvgIpc) is 3.87. The Labute approximate surface area is 291 Å². The number of carbonyl (C=O) groups excluding carboxylic acids is 1. The number of nitrogens with one attached hydrogen (secondary N) is 1. The molecule has 266 valence electrons. The topological polar surface area (TPSA) is 130 Å². The van der Waals surface area contributed by atoms with E-state index in [9.17, 15) is 31.6 Å². The van der Waals surface area contributed by atoms with Crippen LogP contribution in [0.5, 0.6) is 11.5 Å². The van der Waals surface area contributed by atoms with Gasteiger partial charge in [0.1, 0.15) is 22.0 Å². The van der Waals surface area contributed by atoms with Gasteiger partial charge in [-0.15, -0.1) is 0 Å². The van der Waals surface area contributed by atoms with Crippen LogP contribution >= 0.6 is 23.2 Å². The van der Waals surface area contributed by atoms with Crippen molar-refractivity contribution in [1.29, 1.82) is 0 Å². The van der Waals surface area contributed by atoms with Crippen LogP contribution in [0.3, 0.4) is 0 Å². The fourth-order valence-corrected chi connectivity index (χ4v) is 6.81. The standard InChI is InChI=1S/C32H34Cl2F3N3O8S/c33-24-17-40(42)18-25(34)23(24)16-29(21-5-7-28(48-32(36)37)30(15-21)46-19-20-2-3-20)47-31(41)22-4-6-26(35)27(14-22)38-49(43,44)13-1-8-39-9-11-45-12-10-39/h4-7,14-15,17-18,20,29,32,38H,1-3,8-13,16,19H2/t29-/m0/s1. The van der Waals surface area contributed by atoms with E-state index in [1.807, 2.05) is 0 Å². The van der Waals surface area contributed by atoms with Gasteiger partial charge in [0.2, 0.25) is 10.0 Å². The van der Waals surface area contributed by atoms with Crippen LogP contribution in [0.2, 0.25) is 10.0 Å². The molecule has 11 nitrogen and oxygen atoms in total. The van der Waals surface area contributed by atoms with Crippen LogP contribution in [-0.4, -0.2) is 71.1 Å². The predicted molar refractivity (Wildman–Crippen MR) is 174 cm³/mol. The van der Waals surface area contributed by atoms with Crippen LogP contribution in [0, 0.1) is 16.9 Å². The van der Waals surface area contributed by atoms with Gasteiger partial charge in [0.25, 0.3) is 0 Å². The minimum atomic E-state index is -3.98. The second kappa shape index (κ2) is 16.5. The van der Waals surface area contributed by atoms with Gasteiger partial charge in [-0.25, -0.2) is 17.6 Å². The number of aromatic nitrogens is 1. The zero-order chi connectivity index (χ0) is 35.1. The monoisotopic (exact) mass is 747 g/mol. The second-order valence-corrected chi connectivity index (χ2v) is 14.3. The molecule has 1 aromatic heterocycles. The van der Waals surface area contributed by atoms with E-state index in [1.165, 1.54) is 18.2 Å². The molecule has 1 aliphatic heterocycles. The van der Waals surface area contributed by atoms with Gasteiger partial charge in [0.05, 0.1) is 36.8 Å². The summed E-state index contributed by atoms with van der Waals surface area (Å²) in [4.78, 5) is 15.6. The number of hydrogen-bond acceptors (Lipinski definition) is 9. The van der Waals surface area contributed by atoms with Crippen molar-refractivity contribution < 1.29 is 50.1 Å². The maximum Gasteiger partial charge on any atom is 0.387 e. The molecule has 1 saturated carbocycles. The predicted octanol–water partition coefficient (Wildman–Crippen LogP) is 5.76. The quantitative estimate of drug-likeness (QED) is 0.110. The smallest absolute Gasteiger partial charge is 0.387 e. The first-order chi connectivity index (χ1) is 23.4. The molecular formula is C32H34Cl2F3N3O8S. The summed E-state index contributed by atoms with van der Waals surface area (Å²) in [5, 5.41) is 11.8. The highest BCUT2D eigenvalue weighted by Gasteiger charge is 2.27.